The highest BCUT2D eigenvalue weighted by Crippen LogP contribution is 2.00. The van der Waals surface area contributed by atoms with Gasteiger partial charge in [-0.2, -0.15) is 0 Å². The van der Waals surface area contributed by atoms with Crippen LogP contribution in [0.5, 0.6) is 0 Å². The van der Waals surface area contributed by atoms with E-state index in [0.29, 0.717) is 6.04 Å². The molecule has 1 atom stereocenters. The van der Waals surface area contributed by atoms with Crippen LogP contribution in [0.4, 0.5) is 0 Å². The molecule has 1 aromatic heterocycles. The van der Waals surface area contributed by atoms with Gasteiger partial charge in [0.15, 0.2) is 0 Å². The van der Waals surface area contributed by atoms with Crippen LogP contribution in [-0.2, 0) is 6.42 Å². The van der Waals surface area contributed by atoms with E-state index >= 15 is 0 Å². The van der Waals surface area contributed by atoms with Gasteiger partial charge in [0.2, 0.25) is 0 Å². The highest BCUT2D eigenvalue weighted by molar-refractivity contribution is 5.09. The monoisotopic (exact) mass is 235 g/mol. The molecule has 3 heteroatoms. The summed E-state index contributed by atoms with van der Waals surface area (Å²) in [7, 11) is 2.20. The number of hydrogen-bond acceptors (Lipinski definition) is 3. The van der Waals surface area contributed by atoms with Gasteiger partial charge in [0.1, 0.15) is 0 Å². The number of likely N-dealkylation sites (N-methyl/N-ethyl adjacent to an activating group) is 2. The minimum absolute atomic E-state index is 0.613. The number of nitrogens with zero attached hydrogens (tertiary/aromatic N) is 2. The van der Waals surface area contributed by atoms with E-state index in [1.165, 1.54) is 12.0 Å². The van der Waals surface area contributed by atoms with Gasteiger partial charge in [-0.15, -0.1) is 0 Å². The lowest BCUT2D eigenvalue weighted by molar-refractivity contribution is 0.289. The van der Waals surface area contributed by atoms with Gasteiger partial charge in [-0.1, -0.05) is 13.8 Å². The Morgan fingerprint density at radius 2 is 2.00 bits per heavy atom. The molecule has 0 radical (unpaired) electrons. The van der Waals surface area contributed by atoms with Gasteiger partial charge in [-0.3, -0.25) is 4.98 Å². The molecule has 1 N–H and O–H groups in total. The van der Waals surface area contributed by atoms with Crippen molar-refractivity contribution < 1.29 is 0 Å². The topological polar surface area (TPSA) is 28.2 Å². The zero-order valence-corrected chi connectivity index (χ0v) is 11.3. The van der Waals surface area contributed by atoms with Crippen LogP contribution in [0, 0.1) is 0 Å². The first-order valence-electron chi connectivity index (χ1n) is 6.57. The van der Waals surface area contributed by atoms with Crippen molar-refractivity contribution in [1.82, 2.24) is 15.2 Å². The van der Waals surface area contributed by atoms with Crippen LogP contribution in [0.15, 0.2) is 24.5 Å². The number of nitrogens with one attached hydrogen (secondary N) is 1. The van der Waals surface area contributed by atoms with E-state index in [9.17, 15) is 0 Å². The molecule has 0 saturated heterocycles. The first kappa shape index (κ1) is 14.1. The normalized spacial score (nSPS) is 12.9. The largest absolute Gasteiger partial charge is 0.313 e. The minimum atomic E-state index is 0.613. The van der Waals surface area contributed by atoms with E-state index in [4.69, 9.17) is 0 Å². The summed E-state index contributed by atoms with van der Waals surface area (Å²) in [5.74, 6) is 0. The smallest absolute Gasteiger partial charge is 0.0270 e. The van der Waals surface area contributed by atoms with E-state index in [1.54, 1.807) is 0 Å². The van der Waals surface area contributed by atoms with Crippen molar-refractivity contribution in [1.29, 1.82) is 0 Å². The molecule has 96 valence electrons. The van der Waals surface area contributed by atoms with Crippen molar-refractivity contribution in [3.63, 3.8) is 0 Å². The van der Waals surface area contributed by atoms with Crippen LogP contribution in [0.1, 0.15) is 25.8 Å². The van der Waals surface area contributed by atoms with E-state index in [2.05, 4.69) is 48.2 Å². The van der Waals surface area contributed by atoms with Crippen molar-refractivity contribution in [3.05, 3.63) is 30.1 Å². The molecular formula is C14H25N3. The molecular weight excluding hydrogens is 210 g/mol. The second-order valence-corrected chi connectivity index (χ2v) is 4.53. The average molecular weight is 235 g/mol. The van der Waals surface area contributed by atoms with E-state index in [-0.39, 0.29) is 0 Å². The third-order valence-corrected chi connectivity index (χ3v) is 3.05. The fourth-order valence-corrected chi connectivity index (χ4v) is 1.96. The van der Waals surface area contributed by atoms with Gasteiger partial charge in [0.05, 0.1) is 0 Å². The summed E-state index contributed by atoms with van der Waals surface area (Å²) in [6.45, 7) is 7.68. The van der Waals surface area contributed by atoms with Crippen molar-refractivity contribution in [3.8, 4) is 0 Å². The molecule has 0 bridgehead atoms. The van der Waals surface area contributed by atoms with Crippen LogP contribution in [0.2, 0.25) is 0 Å². The Morgan fingerprint density at radius 1 is 1.29 bits per heavy atom. The summed E-state index contributed by atoms with van der Waals surface area (Å²) in [6.07, 6.45) is 6.01. The summed E-state index contributed by atoms with van der Waals surface area (Å²) in [5, 5.41) is 3.51. The van der Waals surface area contributed by atoms with Crippen LogP contribution >= 0.6 is 0 Å². The molecule has 1 unspecified atom stereocenters. The summed E-state index contributed by atoms with van der Waals surface area (Å²) >= 11 is 0. The van der Waals surface area contributed by atoms with Crippen molar-refractivity contribution in [2.75, 3.05) is 26.7 Å². The van der Waals surface area contributed by atoms with E-state index in [1.807, 2.05) is 12.4 Å². The zero-order valence-electron chi connectivity index (χ0n) is 11.3. The number of aromatic nitrogens is 1. The molecule has 3 nitrogen and oxygen atoms in total. The molecule has 0 aliphatic rings. The molecule has 0 aliphatic carbocycles. The van der Waals surface area contributed by atoms with Crippen LogP contribution in [0.3, 0.4) is 0 Å². The molecule has 1 aromatic rings. The summed E-state index contributed by atoms with van der Waals surface area (Å²) in [4.78, 5) is 6.43. The Kier molecular flexibility index (Phi) is 6.82. The van der Waals surface area contributed by atoms with Gasteiger partial charge in [0.25, 0.3) is 0 Å². The van der Waals surface area contributed by atoms with Crippen LogP contribution in [-0.4, -0.2) is 42.6 Å². The lowest BCUT2D eigenvalue weighted by Gasteiger charge is -2.23. The molecule has 0 amide bonds. The quantitative estimate of drug-likeness (QED) is 0.746. The Hall–Kier alpha value is -0.930. The number of rotatable bonds is 8. The highest BCUT2D eigenvalue weighted by Gasteiger charge is 2.07. The third-order valence-electron chi connectivity index (χ3n) is 3.05. The van der Waals surface area contributed by atoms with Gasteiger partial charge in [0, 0.05) is 31.5 Å². The predicted molar refractivity (Wildman–Crippen MR) is 73.2 cm³/mol. The molecule has 0 aliphatic heterocycles. The summed E-state index contributed by atoms with van der Waals surface area (Å²) in [5.41, 5.74) is 1.36. The lowest BCUT2D eigenvalue weighted by atomic mass is 10.1. The van der Waals surface area contributed by atoms with E-state index in [0.717, 1.165) is 26.1 Å². The maximum atomic E-state index is 4.03. The van der Waals surface area contributed by atoms with Crippen molar-refractivity contribution in [2.45, 2.75) is 32.7 Å². The number of pyridine rings is 1. The molecule has 1 rings (SSSR count). The average Bonchev–Trinajstić information content (AvgIpc) is 2.37. The Bertz CT molecular complexity index is 287. The first-order chi connectivity index (χ1) is 8.26. The first-order valence-corrected chi connectivity index (χ1v) is 6.57. The Morgan fingerprint density at radius 3 is 2.59 bits per heavy atom. The molecule has 0 fully saturated rings. The molecule has 0 saturated carbocycles. The van der Waals surface area contributed by atoms with Crippen LogP contribution in [0.25, 0.3) is 0 Å². The van der Waals surface area contributed by atoms with E-state index < -0.39 is 0 Å². The second-order valence-electron chi connectivity index (χ2n) is 4.53. The zero-order chi connectivity index (χ0) is 12.5. The standard InChI is InChI=1S/C14H25N3/c1-4-14(16-5-2)12-17(3)11-8-13-6-9-15-10-7-13/h6-7,9-10,14,16H,4-5,8,11-12H2,1-3H3. The fourth-order valence-electron chi connectivity index (χ4n) is 1.96. The van der Waals surface area contributed by atoms with Crippen molar-refractivity contribution >= 4 is 0 Å². The Labute approximate surface area is 105 Å². The molecule has 0 aromatic carbocycles. The SMILES string of the molecule is CCNC(CC)CN(C)CCc1ccncc1. The molecule has 17 heavy (non-hydrogen) atoms. The number of hydrogen-bond donors (Lipinski definition) is 1. The molecule has 0 spiro atoms. The third kappa shape index (κ3) is 5.80. The highest BCUT2D eigenvalue weighted by atomic mass is 15.1. The van der Waals surface area contributed by atoms with Crippen LogP contribution < -0.4 is 5.32 Å². The van der Waals surface area contributed by atoms with Gasteiger partial charge >= 0.3 is 0 Å². The minimum Gasteiger partial charge on any atom is -0.313 e. The second kappa shape index (κ2) is 8.20. The fraction of sp³-hybridized carbons (Fsp3) is 0.643. The lowest BCUT2D eigenvalue weighted by Crippen LogP contribution is -2.39. The Balaban J connectivity index is 2.27. The summed E-state index contributed by atoms with van der Waals surface area (Å²) in [6, 6.07) is 4.80. The van der Waals surface area contributed by atoms with Crippen molar-refractivity contribution in [2.24, 2.45) is 0 Å². The summed E-state index contributed by atoms with van der Waals surface area (Å²) < 4.78 is 0. The predicted octanol–water partition coefficient (Wildman–Crippen LogP) is 1.94. The van der Waals surface area contributed by atoms with Gasteiger partial charge < -0.3 is 10.2 Å². The molecule has 1 heterocycles. The maximum absolute atomic E-state index is 4.03. The van der Waals surface area contributed by atoms with Gasteiger partial charge in [-0.25, -0.2) is 0 Å². The van der Waals surface area contributed by atoms with Gasteiger partial charge in [-0.05, 0) is 44.1 Å². The maximum Gasteiger partial charge on any atom is 0.0270 e.